The number of hydrogen-bond donors (Lipinski definition) is 1. The molecule has 0 spiro atoms. The second-order valence-corrected chi connectivity index (χ2v) is 2.98. The van der Waals surface area contributed by atoms with Crippen LogP contribution in [0.3, 0.4) is 0 Å². The smallest absolute Gasteiger partial charge is 0.194 e. The Bertz CT molecular complexity index is 451. The Hall–Kier alpha value is -2.23. The van der Waals surface area contributed by atoms with Crippen molar-refractivity contribution in [3.8, 4) is 5.75 Å². The molecule has 15 heavy (non-hydrogen) atoms. The van der Waals surface area contributed by atoms with Gasteiger partial charge >= 0.3 is 0 Å². The molecule has 0 saturated carbocycles. The van der Waals surface area contributed by atoms with Gasteiger partial charge in [0.1, 0.15) is 11.4 Å². The number of benzene rings is 1. The molecule has 0 aliphatic carbocycles. The van der Waals surface area contributed by atoms with E-state index in [9.17, 15) is 0 Å². The fourth-order valence-electron chi connectivity index (χ4n) is 1.08. The van der Waals surface area contributed by atoms with Gasteiger partial charge in [-0.15, -0.1) is 5.11 Å². The van der Waals surface area contributed by atoms with E-state index in [0.29, 0.717) is 5.69 Å². The van der Waals surface area contributed by atoms with Gasteiger partial charge in [0.25, 0.3) is 0 Å². The molecule has 1 aromatic carbocycles. The minimum atomic E-state index is 0.224. The lowest BCUT2D eigenvalue weighted by Crippen LogP contribution is -1.95. The van der Waals surface area contributed by atoms with Crippen molar-refractivity contribution in [1.29, 1.82) is 0 Å². The van der Waals surface area contributed by atoms with Gasteiger partial charge in [0, 0.05) is 6.07 Å². The van der Waals surface area contributed by atoms with Crippen molar-refractivity contribution in [3.63, 3.8) is 0 Å². The molecule has 4 heteroatoms. The number of aromatic hydroxyl groups is 1. The summed E-state index contributed by atoms with van der Waals surface area (Å²) in [5, 5.41) is 17.1. The van der Waals surface area contributed by atoms with Crippen molar-refractivity contribution in [1.82, 2.24) is 0 Å². The lowest BCUT2D eigenvalue weighted by molar-refractivity contribution is -0.377. The van der Waals surface area contributed by atoms with E-state index in [-0.39, 0.29) is 5.75 Å². The average molecular weight is 200 g/mol. The average Bonchev–Trinajstić information content (AvgIpc) is 2.30. The number of pyridine rings is 1. The van der Waals surface area contributed by atoms with Crippen molar-refractivity contribution in [3.05, 3.63) is 48.8 Å². The van der Waals surface area contributed by atoms with Gasteiger partial charge in [0.2, 0.25) is 0 Å². The summed E-state index contributed by atoms with van der Waals surface area (Å²) in [6, 6.07) is 10.2. The number of phenolic OH excluding ortho intramolecular Hbond substituents is 1. The minimum absolute atomic E-state index is 0.224. The number of aromatic nitrogens is 1. The predicted molar refractivity (Wildman–Crippen MR) is 55.3 cm³/mol. The Kier molecular flexibility index (Phi) is 2.69. The SMILES string of the molecule is Oc1ccc(N=Nc2ccc[nH+]c2)cc1. The molecule has 0 aliphatic heterocycles. The minimum Gasteiger partial charge on any atom is -0.508 e. The van der Waals surface area contributed by atoms with Gasteiger partial charge in [0.05, 0.1) is 5.69 Å². The van der Waals surface area contributed by atoms with Crippen LogP contribution in [0.25, 0.3) is 0 Å². The lowest BCUT2D eigenvalue weighted by Gasteiger charge is -1.92. The second kappa shape index (κ2) is 4.32. The summed E-state index contributed by atoms with van der Waals surface area (Å²) in [5.74, 6) is 0.224. The molecule has 2 rings (SSSR count). The Morgan fingerprint density at radius 1 is 0.933 bits per heavy atom. The van der Waals surface area contributed by atoms with Gasteiger partial charge in [0.15, 0.2) is 12.4 Å². The first-order chi connectivity index (χ1) is 7.34. The van der Waals surface area contributed by atoms with Crippen LogP contribution in [0.4, 0.5) is 11.4 Å². The molecule has 0 bridgehead atoms. The molecule has 2 aromatic rings. The Labute approximate surface area is 86.9 Å². The van der Waals surface area contributed by atoms with Crippen LogP contribution in [-0.2, 0) is 0 Å². The molecule has 0 saturated heterocycles. The number of nitrogens with zero attached hydrogens (tertiary/aromatic N) is 2. The fraction of sp³-hybridized carbons (Fsp3) is 0. The number of aromatic amines is 1. The van der Waals surface area contributed by atoms with Crippen molar-refractivity contribution in [2.24, 2.45) is 10.2 Å². The highest BCUT2D eigenvalue weighted by atomic mass is 16.3. The first-order valence-electron chi connectivity index (χ1n) is 4.51. The van der Waals surface area contributed by atoms with Crippen LogP contribution in [0.15, 0.2) is 59.0 Å². The highest BCUT2D eigenvalue weighted by Crippen LogP contribution is 2.19. The summed E-state index contributed by atoms with van der Waals surface area (Å²) in [5.41, 5.74) is 1.46. The van der Waals surface area contributed by atoms with E-state index in [2.05, 4.69) is 15.2 Å². The van der Waals surface area contributed by atoms with Crippen molar-refractivity contribution in [2.45, 2.75) is 0 Å². The summed E-state index contributed by atoms with van der Waals surface area (Å²) in [4.78, 5) is 2.91. The molecule has 0 fully saturated rings. The van der Waals surface area contributed by atoms with Crippen molar-refractivity contribution < 1.29 is 10.1 Å². The van der Waals surface area contributed by atoms with Crippen molar-refractivity contribution in [2.75, 3.05) is 0 Å². The van der Waals surface area contributed by atoms with E-state index in [1.165, 1.54) is 0 Å². The number of H-pyrrole nitrogens is 1. The highest BCUT2D eigenvalue weighted by molar-refractivity contribution is 5.41. The van der Waals surface area contributed by atoms with Gasteiger partial charge in [-0.25, -0.2) is 4.98 Å². The third-order valence-corrected chi connectivity index (χ3v) is 1.82. The van der Waals surface area contributed by atoms with Crippen LogP contribution >= 0.6 is 0 Å². The van der Waals surface area contributed by atoms with Gasteiger partial charge in [-0.3, -0.25) is 0 Å². The van der Waals surface area contributed by atoms with Crippen molar-refractivity contribution >= 4 is 11.4 Å². The summed E-state index contributed by atoms with van der Waals surface area (Å²) in [7, 11) is 0. The maximum atomic E-state index is 9.06. The van der Waals surface area contributed by atoms with Crippen LogP contribution < -0.4 is 4.98 Å². The summed E-state index contributed by atoms with van der Waals surface area (Å²) in [6.45, 7) is 0. The highest BCUT2D eigenvalue weighted by Gasteiger charge is 1.92. The quantitative estimate of drug-likeness (QED) is 0.744. The molecule has 0 radical (unpaired) electrons. The van der Waals surface area contributed by atoms with E-state index in [4.69, 9.17) is 5.11 Å². The fourth-order valence-corrected chi connectivity index (χ4v) is 1.08. The number of nitrogens with one attached hydrogen (secondary N) is 1. The third kappa shape index (κ3) is 2.60. The Balaban J connectivity index is 2.15. The Morgan fingerprint density at radius 3 is 2.33 bits per heavy atom. The van der Waals surface area contributed by atoms with Crippen LogP contribution in [0, 0.1) is 0 Å². The molecular formula is C11H10N3O+. The maximum Gasteiger partial charge on any atom is 0.194 e. The molecule has 1 aromatic heterocycles. The summed E-state index contributed by atoms with van der Waals surface area (Å²) in [6.07, 6.45) is 3.56. The van der Waals surface area contributed by atoms with E-state index in [1.807, 2.05) is 12.1 Å². The number of azo groups is 1. The van der Waals surface area contributed by atoms with Crippen LogP contribution in [0.5, 0.6) is 5.75 Å². The van der Waals surface area contributed by atoms with E-state index in [1.54, 1.807) is 36.7 Å². The number of phenols is 1. The van der Waals surface area contributed by atoms with Crippen LogP contribution in [0.1, 0.15) is 0 Å². The largest absolute Gasteiger partial charge is 0.508 e. The Morgan fingerprint density at radius 2 is 1.67 bits per heavy atom. The van der Waals surface area contributed by atoms with Crippen LogP contribution in [-0.4, -0.2) is 5.11 Å². The first kappa shape index (κ1) is 9.33. The monoisotopic (exact) mass is 200 g/mol. The standard InChI is InChI=1S/C11H9N3O/c15-11-5-3-9(4-6-11)13-14-10-2-1-7-12-8-10/h1-8,15H/p+1. The normalized spacial score (nSPS) is 10.7. The van der Waals surface area contributed by atoms with Crippen LogP contribution in [0.2, 0.25) is 0 Å². The zero-order valence-electron chi connectivity index (χ0n) is 7.96. The molecule has 1 heterocycles. The summed E-state index contributed by atoms with van der Waals surface area (Å²) < 4.78 is 0. The predicted octanol–water partition coefficient (Wildman–Crippen LogP) is 2.62. The number of rotatable bonds is 2. The molecule has 0 amide bonds. The zero-order valence-corrected chi connectivity index (χ0v) is 7.96. The first-order valence-corrected chi connectivity index (χ1v) is 4.51. The molecule has 0 unspecified atom stereocenters. The molecule has 0 aliphatic rings. The van der Waals surface area contributed by atoms with Gasteiger partial charge < -0.3 is 5.11 Å². The second-order valence-electron chi connectivity index (χ2n) is 2.98. The third-order valence-electron chi connectivity index (χ3n) is 1.82. The van der Waals surface area contributed by atoms with Gasteiger partial charge in [-0.05, 0) is 30.3 Å². The van der Waals surface area contributed by atoms with Gasteiger partial charge in [-0.1, -0.05) is 0 Å². The zero-order chi connectivity index (χ0) is 10.5. The molecule has 2 N–H and O–H groups in total. The van der Waals surface area contributed by atoms with E-state index >= 15 is 0 Å². The maximum absolute atomic E-state index is 9.06. The topological polar surface area (TPSA) is 59.1 Å². The molecule has 4 nitrogen and oxygen atoms in total. The van der Waals surface area contributed by atoms with Gasteiger partial charge in [-0.2, -0.15) is 5.11 Å². The number of hydrogen-bond acceptors (Lipinski definition) is 3. The van der Waals surface area contributed by atoms with E-state index in [0.717, 1.165) is 5.69 Å². The molecule has 0 atom stereocenters. The lowest BCUT2D eigenvalue weighted by atomic mass is 10.3. The van der Waals surface area contributed by atoms with E-state index < -0.39 is 0 Å². The summed E-state index contributed by atoms with van der Waals surface area (Å²) >= 11 is 0. The molecule has 74 valence electrons. The molecular weight excluding hydrogens is 190 g/mol.